The Hall–Kier alpha value is -3.04. The van der Waals surface area contributed by atoms with Crippen LogP contribution >= 0.6 is 0 Å². The highest BCUT2D eigenvalue weighted by molar-refractivity contribution is 5.95. The molecular formula is C28H30F3NO5. The molecule has 1 aromatic heterocycles. The topological polar surface area (TPSA) is 80.9 Å². The first kappa shape index (κ1) is 16.0. The number of rotatable bonds is 9. The van der Waals surface area contributed by atoms with Crippen LogP contribution in [0, 0.1) is 5.82 Å². The molecule has 1 aliphatic heterocycles. The summed E-state index contributed by atoms with van der Waals surface area (Å²) in [5.74, 6) is -2.77. The Balaban J connectivity index is 1.71. The third-order valence-electron chi connectivity index (χ3n) is 6.81. The fraction of sp³-hybridized carbons (Fsp3) is 0.464. The fourth-order valence-electron chi connectivity index (χ4n) is 4.40. The SMILES string of the molecule is [2H]c1c(CC(=O)C2(c3ccc4c(c3)OC(F)(F)O4)CC2)c(F)c([2H])c2c1c([2H])c(C(C)(C)C([2H])([2H])C)n2C([2H])([2H])[C@]([2H])(O)C([2H])([2H])O. The van der Waals surface area contributed by atoms with E-state index in [9.17, 15) is 23.8 Å². The largest absolute Gasteiger partial charge is 0.586 e. The number of ether oxygens (including phenoxy) is 2. The minimum atomic E-state index is -4.09. The number of benzene rings is 2. The number of aliphatic hydroxyl groups is 2. The van der Waals surface area contributed by atoms with Gasteiger partial charge in [-0.05, 0) is 60.6 Å². The first-order valence-corrected chi connectivity index (χ1v) is 11.4. The van der Waals surface area contributed by atoms with Gasteiger partial charge in [0.1, 0.15) is 11.6 Å². The van der Waals surface area contributed by atoms with Crippen LogP contribution in [0.1, 0.15) is 70.5 Å². The van der Waals surface area contributed by atoms with Gasteiger partial charge in [-0.25, -0.2) is 4.39 Å². The molecule has 1 atom stereocenters. The standard InChI is InChI=1S/C28H30F3NO5/c1-4-26(2,3)24-10-17-9-16(20(29)13-21(17)32(24)14-19(34)15-33)11-25(35)27(7-8-27)18-5-6-22-23(12-18)37-28(30,31)36-22/h5-6,9-10,12-13,19,33-34H,4,7-8,11,14-15H2,1-3H3/t19-/m0/s1/i4D2,9D,10D,13D,14D2,15D2,19D. The Morgan fingerprint density at radius 2 is 1.97 bits per heavy atom. The molecule has 0 unspecified atom stereocenters. The summed E-state index contributed by atoms with van der Waals surface area (Å²) in [6.07, 6.45) is -10.7. The minimum absolute atomic E-state index is 0.201. The normalized spacial score (nSPS) is 24.2. The number of aromatic nitrogens is 1. The second-order valence-corrected chi connectivity index (χ2v) is 9.53. The van der Waals surface area contributed by atoms with Crippen molar-refractivity contribution >= 4 is 16.7 Å². The summed E-state index contributed by atoms with van der Waals surface area (Å²) in [7, 11) is 0. The number of halogens is 3. The number of hydrogen-bond acceptors (Lipinski definition) is 5. The average Bonchev–Trinajstić information content (AvgIpc) is 3.58. The number of alkyl halides is 2. The summed E-state index contributed by atoms with van der Waals surface area (Å²) in [6, 6.07) is 0.849. The van der Waals surface area contributed by atoms with Crippen molar-refractivity contribution in [2.45, 2.75) is 76.1 Å². The van der Waals surface area contributed by atoms with Crippen LogP contribution in [0.2, 0.25) is 0 Å². The molecule has 0 radical (unpaired) electrons. The molecule has 198 valence electrons. The quantitative estimate of drug-likeness (QED) is 0.410. The van der Waals surface area contributed by atoms with E-state index in [2.05, 4.69) is 9.47 Å². The van der Waals surface area contributed by atoms with Crippen molar-refractivity contribution < 1.29 is 51.4 Å². The van der Waals surface area contributed by atoms with Crippen molar-refractivity contribution in [2.75, 3.05) is 6.56 Å². The molecule has 1 aliphatic carbocycles. The number of carbonyl (C=O) groups excluding carboxylic acids is 1. The molecule has 5 rings (SSSR count). The zero-order valence-corrected chi connectivity index (χ0v) is 20.1. The lowest BCUT2D eigenvalue weighted by atomic mass is 9.86. The van der Waals surface area contributed by atoms with Crippen molar-refractivity contribution in [3.05, 3.63) is 59.0 Å². The van der Waals surface area contributed by atoms with E-state index in [-0.39, 0.29) is 34.5 Å². The Bertz CT molecular complexity index is 1830. The molecule has 2 heterocycles. The summed E-state index contributed by atoms with van der Waals surface area (Å²) in [5.41, 5.74) is -5.28. The molecule has 2 aliphatic rings. The molecule has 0 spiro atoms. The van der Waals surface area contributed by atoms with Crippen LogP contribution in [0.25, 0.3) is 10.9 Å². The maximum Gasteiger partial charge on any atom is 0.586 e. The first-order chi connectivity index (χ1) is 21.1. The maximum atomic E-state index is 16.1. The van der Waals surface area contributed by atoms with E-state index in [4.69, 9.17) is 13.7 Å². The molecule has 1 fully saturated rings. The number of hydrogen-bond donors (Lipinski definition) is 2. The number of ketones is 1. The third kappa shape index (κ3) is 4.48. The number of Topliss-reactive ketones (excluding diaryl/α,β-unsaturated/α-hetero) is 1. The zero-order valence-electron chi connectivity index (χ0n) is 30.1. The van der Waals surface area contributed by atoms with E-state index in [0.717, 1.165) is 6.92 Å². The maximum absolute atomic E-state index is 16.1. The molecule has 3 aromatic rings. The van der Waals surface area contributed by atoms with Gasteiger partial charge in [-0.3, -0.25) is 4.79 Å². The summed E-state index contributed by atoms with van der Waals surface area (Å²) < 4.78 is 136. The van der Waals surface area contributed by atoms with Gasteiger partial charge in [0.15, 0.2) is 11.5 Å². The highest BCUT2D eigenvalue weighted by atomic mass is 19.3. The van der Waals surface area contributed by atoms with Gasteiger partial charge in [-0.15, -0.1) is 8.78 Å². The predicted octanol–water partition coefficient (Wildman–Crippen LogP) is 4.99. The molecule has 0 saturated heterocycles. The van der Waals surface area contributed by atoms with E-state index >= 15 is 4.39 Å². The van der Waals surface area contributed by atoms with Gasteiger partial charge < -0.3 is 24.3 Å². The Morgan fingerprint density at radius 1 is 1.27 bits per heavy atom. The smallest absolute Gasteiger partial charge is 0.395 e. The van der Waals surface area contributed by atoms with Crippen molar-refractivity contribution in [1.29, 1.82) is 0 Å². The van der Waals surface area contributed by atoms with Gasteiger partial charge in [-0.1, -0.05) is 26.8 Å². The monoisotopic (exact) mass is 527 g/mol. The van der Waals surface area contributed by atoms with Gasteiger partial charge in [-0.2, -0.15) is 0 Å². The number of nitrogens with zero attached hydrogens (tertiary/aromatic N) is 1. The lowest BCUT2D eigenvalue weighted by Gasteiger charge is -2.26. The van der Waals surface area contributed by atoms with Crippen molar-refractivity contribution in [1.82, 2.24) is 4.57 Å². The highest BCUT2D eigenvalue weighted by Gasteiger charge is 2.52. The van der Waals surface area contributed by atoms with Crippen LogP contribution in [0.4, 0.5) is 13.2 Å². The third-order valence-corrected chi connectivity index (χ3v) is 6.81. The van der Waals surface area contributed by atoms with Gasteiger partial charge >= 0.3 is 6.29 Å². The number of fused-ring (bicyclic) bond motifs is 2. The van der Waals surface area contributed by atoms with Gasteiger partial charge in [0.2, 0.25) is 0 Å². The second-order valence-electron chi connectivity index (χ2n) is 9.53. The van der Waals surface area contributed by atoms with Crippen LogP contribution in [0.15, 0.2) is 36.3 Å². The van der Waals surface area contributed by atoms with Crippen LogP contribution in [-0.2, 0) is 28.5 Å². The molecule has 0 amide bonds. The van der Waals surface area contributed by atoms with Gasteiger partial charge in [0.05, 0.1) is 41.0 Å². The molecule has 2 aromatic carbocycles. The van der Waals surface area contributed by atoms with E-state index in [1.807, 2.05) is 0 Å². The van der Waals surface area contributed by atoms with Crippen LogP contribution in [0.5, 0.6) is 11.5 Å². The summed E-state index contributed by atoms with van der Waals surface area (Å²) >= 11 is 0. The molecule has 2 N–H and O–H groups in total. The van der Waals surface area contributed by atoms with E-state index in [1.165, 1.54) is 32.0 Å². The Morgan fingerprint density at radius 3 is 2.62 bits per heavy atom. The summed E-state index contributed by atoms with van der Waals surface area (Å²) in [4.78, 5) is 13.7. The van der Waals surface area contributed by atoms with Crippen LogP contribution < -0.4 is 9.47 Å². The molecule has 37 heavy (non-hydrogen) atoms. The molecule has 0 bridgehead atoms. The van der Waals surface area contributed by atoms with Crippen molar-refractivity contribution in [2.24, 2.45) is 0 Å². The average molecular weight is 528 g/mol. The lowest BCUT2D eigenvalue weighted by molar-refractivity contribution is -0.286. The predicted molar refractivity (Wildman–Crippen MR) is 131 cm³/mol. The van der Waals surface area contributed by atoms with Gasteiger partial charge in [0.25, 0.3) is 0 Å². The zero-order chi connectivity index (χ0) is 35.7. The lowest BCUT2D eigenvalue weighted by Crippen LogP contribution is -2.26. The van der Waals surface area contributed by atoms with Crippen molar-refractivity contribution in [3.63, 3.8) is 0 Å². The second kappa shape index (κ2) is 8.77. The van der Waals surface area contributed by atoms with Crippen molar-refractivity contribution in [3.8, 4) is 11.5 Å². The summed E-state index contributed by atoms with van der Waals surface area (Å²) in [5, 5.41) is 19.9. The summed E-state index contributed by atoms with van der Waals surface area (Å²) in [6.45, 7) is -4.34. The minimum Gasteiger partial charge on any atom is -0.395 e. The fourth-order valence-corrected chi connectivity index (χ4v) is 4.40. The van der Waals surface area contributed by atoms with E-state index in [0.29, 0.717) is 0 Å². The highest BCUT2D eigenvalue weighted by Crippen LogP contribution is 2.52. The molecule has 1 saturated carbocycles. The van der Waals surface area contributed by atoms with Crippen LogP contribution in [0.3, 0.4) is 0 Å². The van der Waals surface area contributed by atoms with E-state index in [1.54, 1.807) is 0 Å². The molecule has 6 nitrogen and oxygen atoms in total. The van der Waals surface area contributed by atoms with Crippen LogP contribution in [-0.4, -0.2) is 39.5 Å². The number of carbonyl (C=O) groups is 1. The van der Waals surface area contributed by atoms with E-state index < -0.39 is 101 Å². The molecular weight excluding hydrogens is 487 g/mol. The Labute approximate surface area is 226 Å². The molecule has 9 heteroatoms. The first-order valence-electron chi connectivity index (χ1n) is 16.4. The Kier molecular flexibility index (Phi) is 3.80. The van der Waals surface area contributed by atoms with Gasteiger partial charge in [0, 0.05) is 25.7 Å².